The number of benzene rings is 1. The third-order valence-corrected chi connectivity index (χ3v) is 6.87. The summed E-state index contributed by atoms with van der Waals surface area (Å²) in [5.41, 5.74) is 1.06. The molecule has 1 aromatic heterocycles. The number of anilines is 1. The van der Waals surface area contributed by atoms with E-state index in [1.165, 1.54) is 12.8 Å². The first-order chi connectivity index (χ1) is 13.7. The molecule has 0 radical (unpaired) electrons. The smallest absolute Gasteiger partial charge is 0.223 e. The summed E-state index contributed by atoms with van der Waals surface area (Å²) in [7, 11) is 0. The number of carbonyl (C=O) groups is 1. The molecule has 2 aromatic rings. The van der Waals surface area contributed by atoms with Gasteiger partial charge in [-0.05, 0) is 19.3 Å². The number of aliphatic hydroxyl groups is 1. The summed E-state index contributed by atoms with van der Waals surface area (Å²) in [5, 5.41) is 24.0. The van der Waals surface area contributed by atoms with Gasteiger partial charge in [-0.3, -0.25) is 4.79 Å². The summed E-state index contributed by atoms with van der Waals surface area (Å²) >= 11 is 1.55. The van der Waals surface area contributed by atoms with Crippen molar-refractivity contribution in [3.05, 3.63) is 30.3 Å². The highest BCUT2D eigenvalue weighted by molar-refractivity contribution is 7.18. The highest BCUT2D eigenvalue weighted by atomic mass is 32.1. The molecule has 150 valence electrons. The lowest BCUT2D eigenvalue weighted by atomic mass is 9.97. The Bertz CT molecular complexity index is 774. The number of amides is 1. The minimum Gasteiger partial charge on any atom is -0.391 e. The topological polar surface area (TPSA) is 78.4 Å². The zero-order chi connectivity index (χ0) is 19.3. The van der Waals surface area contributed by atoms with E-state index in [9.17, 15) is 9.90 Å². The monoisotopic (exact) mass is 400 g/mol. The lowest BCUT2D eigenvalue weighted by Gasteiger charge is -2.36. The van der Waals surface area contributed by atoms with Crippen LogP contribution in [0.2, 0.25) is 0 Å². The molecule has 7 heteroatoms. The van der Waals surface area contributed by atoms with Gasteiger partial charge in [-0.25, -0.2) is 0 Å². The molecule has 2 heterocycles. The third kappa shape index (κ3) is 4.52. The van der Waals surface area contributed by atoms with Crippen LogP contribution in [0.15, 0.2) is 30.3 Å². The molecule has 2 atom stereocenters. The predicted octanol–water partition coefficient (Wildman–Crippen LogP) is 3.23. The third-order valence-electron chi connectivity index (χ3n) is 5.84. The van der Waals surface area contributed by atoms with Crippen LogP contribution in [0.25, 0.3) is 10.6 Å². The summed E-state index contributed by atoms with van der Waals surface area (Å²) in [6.45, 7) is 1.30. The molecule has 2 N–H and O–H groups in total. The van der Waals surface area contributed by atoms with Crippen LogP contribution in [-0.2, 0) is 4.79 Å². The van der Waals surface area contributed by atoms with Crippen LogP contribution in [0.1, 0.15) is 44.9 Å². The van der Waals surface area contributed by atoms with Crippen molar-refractivity contribution in [1.82, 2.24) is 15.5 Å². The Morgan fingerprint density at radius 2 is 1.82 bits per heavy atom. The van der Waals surface area contributed by atoms with E-state index in [-0.39, 0.29) is 17.9 Å². The molecule has 0 bridgehead atoms. The second-order valence-electron chi connectivity index (χ2n) is 7.86. The summed E-state index contributed by atoms with van der Waals surface area (Å²) in [5.74, 6) is 0.200. The number of piperidine rings is 1. The number of nitrogens with zero attached hydrogens (tertiary/aromatic N) is 3. The minimum absolute atomic E-state index is 0.0938. The van der Waals surface area contributed by atoms with Gasteiger partial charge in [-0.15, -0.1) is 10.2 Å². The van der Waals surface area contributed by atoms with Gasteiger partial charge >= 0.3 is 0 Å². The quantitative estimate of drug-likeness (QED) is 0.771. The van der Waals surface area contributed by atoms with Crippen LogP contribution in [0.4, 0.5) is 5.13 Å². The molecule has 1 aliphatic carbocycles. The highest BCUT2D eigenvalue weighted by Gasteiger charge is 2.32. The van der Waals surface area contributed by atoms with Gasteiger partial charge in [0.05, 0.1) is 12.1 Å². The summed E-state index contributed by atoms with van der Waals surface area (Å²) < 4.78 is 0. The number of hydrogen-bond acceptors (Lipinski definition) is 6. The zero-order valence-electron chi connectivity index (χ0n) is 16.1. The molecule has 1 amide bonds. The first-order valence-corrected chi connectivity index (χ1v) is 11.1. The number of carbonyl (C=O) groups excluding carboxylic acids is 1. The van der Waals surface area contributed by atoms with E-state index in [1.807, 2.05) is 30.3 Å². The van der Waals surface area contributed by atoms with Crippen LogP contribution < -0.4 is 10.2 Å². The SMILES string of the molecule is O=C(N[C@@H]1CN(c2nnc(-c3ccccc3)s2)CC[C@H]1O)C1CCCCCC1. The van der Waals surface area contributed by atoms with Crippen LogP contribution in [0, 0.1) is 5.92 Å². The maximum Gasteiger partial charge on any atom is 0.223 e. The van der Waals surface area contributed by atoms with Crippen molar-refractivity contribution in [2.75, 3.05) is 18.0 Å². The van der Waals surface area contributed by atoms with Gasteiger partial charge < -0.3 is 15.3 Å². The average Bonchev–Trinajstić information content (AvgIpc) is 3.05. The number of hydrogen-bond donors (Lipinski definition) is 2. The standard InChI is InChI=1S/C21H28N4O2S/c26-18-12-13-25(21-24-23-20(28-21)16-10-6-3-7-11-16)14-17(18)22-19(27)15-8-4-1-2-5-9-15/h3,6-7,10-11,15,17-18,26H,1-2,4-5,8-9,12-14H2,(H,22,27)/t17-,18-/m1/s1. The summed E-state index contributed by atoms with van der Waals surface area (Å²) in [4.78, 5) is 14.9. The molecule has 4 rings (SSSR count). The lowest BCUT2D eigenvalue weighted by molar-refractivity contribution is -0.127. The van der Waals surface area contributed by atoms with Gasteiger partial charge in [-0.2, -0.15) is 0 Å². The Hall–Kier alpha value is -1.99. The lowest BCUT2D eigenvalue weighted by Crippen LogP contribution is -2.56. The van der Waals surface area contributed by atoms with E-state index in [0.717, 1.165) is 47.9 Å². The molecule has 0 spiro atoms. The first-order valence-electron chi connectivity index (χ1n) is 10.3. The van der Waals surface area contributed by atoms with Crippen LogP contribution in [0.5, 0.6) is 0 Å². The van der Waals surface area contributed by atoms with Crippen molar-refractivity contribution in [2.45, 2.75) is 57.1 Å². The minimum atomic E-state index is -0.507. The van der Waals surface area contributed by atoms with Crippen molar-refractivity contribution in [1.29, 1.82) is 0 Å². The van der Waals surface area contributed by atoms with E-state index in [2.05, 4.69) is 20.4 Å². The summed E-state index contributed by atoms with van der Waals surface area (Å²) in [6, 6.07) is 9.77. The van der Waals surface area contributed by atoms with Crippen molar-refractivity contribution >= 4 is 22.4 Å². The van der Waals surface area contributed by atoms with E-state index < -0.39 is 6.10 Å². The van der Waals surface area contributed by atoms with Crippen molar-refractivity contribution in [3.63, 3.8) is 0 Å². The fourth-order valence-corrected chi connectivity index (χ4v) is 5.02. The molecule has 2 fully saturated rings. The van der Waals surface area contributed by atoms with Gasteiger partial charge in [0.1, 0.15) is 5.01 Å². The van der Waals surface area contributed by atoms with Crippen LogP contribution >= 0.6 is 11.3 Å². The molecule has 1 saturated heterocycles. The van der Waals surface area contributed by atoms with Gasteiger partial charge in [0.15, 0.2) is 0 Å². The van der Waals surface area contributed by atoms with Crippen molar-refractivity contribution in [3.8, 4) is 10.6 Å². The molecule has 1 saturated carbocycles. The predicted molar refractivity (Wildman–Crippen MR) is 111 cm³/mol. The molecule has 0 unspecified atom stereocenters. The van der Waals surface area contributed by atoms with E-state index in [4.69, 9.17) is 0 Å². The first kappa shape index (κ1) is 19.3. The molecular formula is C21H28N4O2S. The molecule has 2 aliphatic rings. The van der Waals surface area contributed by atoms with Gasteiger partial charge in [0, 0.05) is 24.6 Å². The maximum absolute atomic E-state index is 12.7. The number of nitrogens with one attached hydrogen (secondary N) is 1. The van der Waals surface area contributed by atoms with Gasteiger partial charge in [0.25, 0.3) is 0 Å². The molecule has 1 aliphatic heterocycles. The van der Waals surface area contributed by atoms with Crippen molar-refractivity contribution in [2.24, 2.45) is 5.92 Å². The van der Waals surface area contributed by atoms with E-state index >= 15 is 0 Å². The Morgan fingerprint density at radius 3 is 2.57 bits per heavy atom. The number of rotatable bonds is 4. The fraction of sp³-hybridized carbons (Fsp3) is 0.571. The molecular weight excluding hydrogens is 372 g/mol. The Morgan fingerprint density at radius 1 is 1.07 bits per heavy atom. The number of aromatic nitrogens is 2. The van der Waals surface area contributed by atoms with Crippen LogP contribution in [-0.4, -0.2) is 46.4 Å². The molecule has 1 aromatic carbocycles. The van der Waals surface area contributed by atoms with Gasteiger partial charge in [-0.1, -0.05) is 67.4 Å². The van der Waals surface area contributed by atoms with E-state index in [0.29, 0.717) is 13.0 Å². The Balaban J connectivity index is 1.40. The number of aliphatic hydroxyl groups excluding tert-OH is 1. The average molecular weight is 401 g/mol. The normalized spacial score (nSPS) is 24.0. The van der Waals surface area contributed by atoms with Crippen LogP contribution in [0.3, 0.4) is 0 Å². The second kappa shape index (κ2) is 9.01. The highest BCUT2D eigenvalue weighted by Crippen LogP contribution is 2.30. The Kier molecular flexibility index (Phi) is 6.22. The molecule has 6 nitrogen and oxygen atoms in total. The van der Waals surface area contributed by atoms with E-state index in [1.54, 1.807) is 11.3 Å². The largest absolute Gasteiger partial charge is 0.391 e. The summed E-state index contributed by atoms with van der Waals surface area (Å²) in [6.07, 6.45) is 6.76. The Labute approximate surface area is 170 Å². The maximum atomic E-state index is 12.7. The fourth-order valence-electron chi connectivity index (χ4n) is 4.14. The van der Waals surface area contributed by atoms with Crippen molar-refractivity contribution < 1.29 is 9.90 Å². The van der Waals surface area contributed by atoms with Gasteiger partial charge in [0.2, 0.25) is 11.0 Å². The zero-order valence-corrected chi connectivity index (χ0v) is 16.9. The molecule has 28 heavy (non-hydrogen) atoms. The second-order valence-corrected chi connectivity index (χ2v) is 8.82.